The number of phenolic OH excluding ortho intramolecular Hbond substituents is 1. The van der Waals surface area contributed by atoms with Crippen LogP contribution in [-0.4, -0.2) is 54.7 Å². The standard InChI is InChI=1S/C16H27N3O2/c1-5-18(3)11-13(2)10-17-16(21)19(4)12-14-7-6-8-15(20)9-14/h6-9,13,20H,5,10-12H2,1-4H3,(H,17,21)/t13-/m1/s1. The number of nitrogens with one attached hydrogen (secondary N) is 1. The fraction of sp³-hybridized carbons (Fsp3) is 0.562. The number of amides is 2. The largest absolute Gasteiger partial charge is 0.508 e. The number of carbonyl (C=O) groups is 1. The molecule has 0 aliphatic heterocycles. The molecule has 1 aromatic rings. The van der Waals surface area contributed by atoms with Crippen molar-refractivity contribution in [3.63, 3.8) is 0 Å². The van der Waals surface area contributed by atoms with Crippen LogP contribution in [0.4, 0.5) is 4.79 Å². The van der Waals surface area contributed by atoms with Crippen molar-refractivity contribution in [3.8, 4) is 5.75 Å². The van der Waals surface area contributed by atoms with Crippen LogP contribution in [-0.2, 0) is 6.54 Å². The van der Waals surface area contributed by atoms with Crippen LogP contribution in [0.3, 0.4) is 0 Å². The second-order valence-electron chi connectivity index (χ2n) is 5.67. The summed E-state index contributed by atoms with van der Waals surface area (Å²) in [5.41, 5.74) is 0.909. The Morgan fingerprint density at radius 2 is 2.10 bits per heavy atom. The molecule has 1 aromatic carbocycles. The molecule has 21 heavy (non-hydrogen) atoms. The molecule has 5 nitrogen and oxygen atoms in total. The van der Waals surface area contributed by atoms with Crippen molar-refractivity contribution in [2.45, 2.75) is 20.4 Å². The molecule has 0 aromatic heterocycles. The van der Waals surface area contributed by atoms with Crippen LogP contribution in [0.5, 0.6) is 5.75 Å². The number of nitrogens with zero attached hydrogens (tertiary/aromatic N) is 2. The zero-order valence-electron chi connectivity index (χ0n) is 13.5. The lowest BCUT2D eigenvalue weighted by Gasteiger charge is -2.22. The minimum Gasteiger partial charge on any atom is -0.508 e. The summed E-state index contributed by atoms with van der Waals surface area (Å²) >= 11 is 0. The SMILES string of the molecule is CCN(C)C[C@H](C)CNC(=O)N(C)Cc1cccc(O)c1. The predicted octanol–water partition coefficient (Wildman–Crippen LogP) is 2.12. The van der Waals surface area contributed by atoms with E-state index < -0.39 is 0 Å². The fourth-order valence-corrected chi connectivity index (χ4v) is 2.12. The molecular weight excluding hydrogens is 266 g/mol. The Morgan fingerprint density at radius 1 is 1.38 bits per heavy atom. The summed E-state index contributed by atoms with van der Waals surface area (Å²) in [6.45, 7) is 7.36. The maximum Gasteiger partial charge on any atom is 0.317 e. The van der Waals surface area contributed by atoms with E-state index in [0.717, 1.165) is 18.7 Å². The van der Waals surface area contributed by atoms with Crippen LogP contribution in [0, 0.1) is 5.92 Å². The highest BCUT2D eigenvalue weighted by Crippen LogP contribution is 2.12. The van der Waals surface area contributed by atoms with E-state index in [1.54, 1.807) is 30.1 Å². The molecule has 118 valence electrons. The Bertz CT molecular complexity index is 451. The van der Waals surface area contributed by atoms with Crippen molar-refractivity contribution in [2.24, 2.45) is 5.92 Å². The Hall–Kier alpha value is -1.75. The molecule has 1 rings (SSSR count). The molecule has 0 fully saturated rings. The zero-order chi connectivity index (χ0) is 15.8. The molecule has 0 saturated heterocycles. The molecule has 2 amide bonds. The first-order valence-corrected chi connectivity index (χ1v) is 7.37. The van der Waals surface area contributed by atoms with E-state index in [-0.39, 0.29) is 11.8 Å². The summed E-state index contributed by atoms with van der Waals surface area (Å²) in [6, 6.07) is 6.86. The maximum atomic E-state index is 12.0. The number of urea groups is 1. The van der Waals surface area contributed by atoms with Crippen molar-refractivity contribution in [1.29, 1.82) is 0 Å². The van der Waals surface area contributed by atoms with Gasteiger partial charge >= 0.3 is 6.03 Å². The van der Waals surface area contributed by atoms with Gasteiger partial charge in [-0.15, -0.1) is 0 Å². The van der Waals surface area contributed by atoms with Crippen LogP contribution in [0.25, 0.3) is 0 Å². The highest BCUT2D eigenvalue weighted by molar-refractivity contribution is 5.73. The first-order valence-electron chi connectivity index (χ1n) is 7.37. The molecule has 1 atom stereocenters. The number of rotatable bonds is 7. The number of aromatic hydroxyl groups is 1. The first kappa shape index (κ1) is 17.3. The van der Waals surface area contributed by atoms with E-state index in [9.17, 15) is 9.90 Å². The lowest BCUT2D eigenvalue weighted by molar-refractivity contribution is 0.203. The van der Waals surface area contributed by atoms with E-state index in [4.69, 9.17) is 0 Å². The van der Waals surface area contributed by atoms with Gasteiger partial charge in [0, 0.05) is 26.7 Å². The summed E-state index contributed by atoms with van der Waals surface area (Å²) in [5.74, 6) is 0.630. The quantitative estimate of drug-likeness (QED) is 0.809. The highest BCUT2D eigenvalue weighted by atomic mass is 16.3. The number of carbonyl (C=O) groups excluding carboxylic acids is 1. The van der Waals surface area contributed by atoms with Gasteiger partial charge in [-0.3, -0.25) is 0 Å². The van der Waals surface area contributed by atoms with Crippen LogP contribution >= 0.6 is 0 Å². The molecule has 0 unspecified atom stereocenters. The molecule has 0 spiro atoms. The van der Waals surface area contributed by atoms with Crippen molar-refractivity contribution in [1.82, 2.24) is 15.1 Å². The Morgan fingerprint density at radius 3 is 2.71 bits per heavy atom. The summed E-state index contributed by atoms with van der Waals surface area (Å²) in [4.78, 5) is 15.9. The number of hydrogen-bond donors (Lipinski definition) is 2. The van der Waals surface area contributed by atoms with Gasteiger partial charge in [0.1, 0.15) is 5.75 Å². The van der Waals surface area contributed by atoms with E-state index in [2.05, 4.69) is 31.1 Å². The van der Waals surface area contributed by atoms with Crippen molar-refractivity contribution in [3.05, 3.63) is 29.8 Å². The average molecular weight is 293 g/mol. The van der Waals surface area contributed by atoms with Gasteiger partial charge < -0.3 is 20.2 Å². The third-order valence-corrected chi connectivity index (χ3v) is 3.44. The van der Waals surface area contributed by atoms with Crippen molar-refractivity contribution >= 4 is 6.03 Å². The monoisotopic (exact) mass is 293 g/mol. The molecule has 2 N–H and O–H groups in total. The third kappa shape index (κ3) is 6.49. The lowest BCUT2D eigenvalue weighted by atomic mass is 10.1. The summed E-state index contributed by atoms with van der Waals surface area (Å²) in [7, 11) is 3.83. The highest BCUT2D eigenvalue weighted by Gasteiger charge is 2.11. The molecule has 0 saturated carbocycles. The minimum atomic E-state index is -0.0932. The number of benzene rings is 1. The van der Waals surface area contributed by atoms with E-state index in [1.807, 2.05) is 6.07 Å². The topological polar surface area (TPSA) is 55.8 Å². The number of phenols is 1. The smallest absolute Gasteiger partial charge is 0.317 e. The number of hydrogen-bond acceptors (Lipinski definition) is 3. The second-order valence-corrected chi connectivity index (χ2v) is 5.67. The Balaban J connectivity index is 2.37. The molecule has 0 radical (unpaired) electrons. The molecular formula is C16H27N3O2. The van der Waals surface area contributed by atoms with E-state index in [0.29, 0.717) is 19.0 Å². The minimum absolute atomic E-state index is 0.0932. The summed E-state index contributed by atoms with van der Waals surface area (Å²) in [6.07, 6.45) is 0. The van der Waals surface area contributed by atoms with E-state index >= 15 is 0 Å². The molecule has 0 aliphatic carbocycles. The van der Waals surface area contributed by atoms with Crippen molar-refractivity contribution < 1.29 is 9.90 Å². The first-order chi connectivity index (χ1) is 9.92. The summed E-state index contributed by atoms with van der Waals surface area (Å²) < 4.78 is 0. The van der Waals surface area contributed by atoms with Gasteiger partial charge in [0.25, 0.3) is 0 Å². The molecule has 0 bridgehead atoms. The normalized spacial score (nSPS) is 12.2. The van der Waals surface area contributed by atoms with Gasteiger partial charge in [-0.05, 0) is 37.2 Å². The van der Waals surface area contributed by atoms with Gasteiger partial charge in [0.2, 0.25) is 0 Å². The second kappa shape index (κ2) is 8.52. The van der Waals surface area contributed by atoms with Gasteiger partial charge in [0.05, 0.1) is 0 Å². The van der Waals surface area contributed by atoms with Crippen LogP contribution < -0.4 is 5.32 Å². The fourth-order valence-electron chi connectivity index (χ4n) is 2.12. The molecule has 0 heterocycles. The molecule has 0 aliphatic rings. The average Bonchev–Trinajstić information content (AvgIpc) is 2.44. The van der Waals surface area contributed by atoms with Gasteiger partial charge in [-0.25, -0.2) is 4.79 Å². The van der Waals surface area contributed by atoms with Gasteiger partial charge in [0.15, 0.2) is 0 Å². The maximum absolute atomic E-state index is 12.0. The van der Waals surface area contributed by atoms with Crippen LogP contribution in [0.2, 0.25) is 0 Å². The molecule has 5 heteroatoms. The van der Waals surface area contributed by atoms with Crippen molar-refractivity contribution in [2.75, 3.05) is 33.7 Å². The van der Waals surface area contributed by atoms with Gasteiger partial charge in [-0.1, -0.05) is 26.0 Å². The third-order valence-electron chi connectivity index (χ3n) is 3.44. The van der Waals surface area contributed by atoms with E-state index in [1.165, 1.54) is 0 Å². The van der Waals surface area contributed by atoms with Gasteiger partial charge in [-0.2, -0.15) is 0 Å². The van der Waals surface area contributed by atoms with Crippen LogP contribution in [0.15, 0.2) is 24.3 Å². The zero-order valence-corrected chi connectivity index (χ0v) is 13.5. The summed E-state index contributed by atoms with van der Waals surface area (Å²) in [5, 5.41) is 12.4. The van der Waals surface area contributed by atoms with Crippen LogP contribution in [0.1, 0.15) is 19.4 Å². The predicted molar refractivity (Wildman–Crippen MR) is 85.3 cm³/mol. The Kier molecular flexibility index (Phi) is 7.02. The lowest BCUT2D eigenvalue weighted by Crippen LogP contribution is -2.40. The Labute approximate surface area is 127 Å².